The first-order valence-electron chi connectivity index (χ1n) is 13.0. The van der Waals surface area contributed by atoms with Crippen molar-refractivity contribution in [2.24, 2.45) is 0 Å². The molecule has 0 fully saturated rings. The number of anilines is 1. The molecule has 42 heavy (non-hydrogen) atoms. The number of carbonyl (C=O) groups excluding carboxylic acids is 1. The Morgan fingerprint density at radius 1 is 1.14 bits per heavy atom. The van der Waals surface area contributed by atoms with Crippen LogP contribution >= 0.6 is 11.6 Å². The monoisotopic (exact) mass is 595 g/mol. The maximum atomic E-state index is 13.4. The molecule has 0 aliphatic heterocycles. The third-order valence-electron chi connectivity index (χ3n) is 6.81. The van der Waals surface area contributed by atoms with Gasteiger partial charge in [0.15, 0.2) is 5.65 Å². The van der Waals surface area contributed by atoms with Crippen LogP contribution in [-0.2, 0) is 13.1 Å². The number of carbonyl (C=O) groups is 1. The maximum Gasteiger partial charge on any atom is 0.387 e. The zero-order chi connectivity index (χ0) is 29.8. The van der Waals surface area contributed by atoms with E-state index in [2.05, 4.69) is 25.4 Å². The quantitative estimate of drug-likeness (QED) is 0.211. The van der Waals surface area contributed by atoms with Crippen LogP contribution in [-0.4, -0.2) is 62.0 Å². The molecule has 2 aromatic carbocycles. The van der Waals surface area contributed by atoms with Gasteiger partial charge in [-0.2, -0.15) is 19.0 Å². The normalized spacial score (nSPS) is 12.2. The fourth-order valence-corrected chi connectivity index (χ4v) is 4.70. The molecule has 0 saturated carbocycles. The van der Waals surface area contributed by atoms with E-state index in [4.69, 9.17) is 21.1 Å². The van der Waals surface area contributed by atoms with E-state index in [0.29, 0.717) is 29.5 Å². The molecule has 0 saturated heterocycles. The molecule has 218 valence electrons. The fraction of sp³-hybridized carbons (Fsp3) is 0.241. The average Bonchev–Trinajstić information content (AvgIpc) is 3.58. The van der Waals surface area contributed by atoms with Gasteiger partial charge >= 0.3 is 6.61 Å². The summed E-state index contributed by atoms with van der Waals surface area (Å²) < 4.78 is 40.0. The standard InChI is InChI=1S/C29H28ClF2N7O3/c1-18(37(2)17-19-5-8-21(41-3)9-6-19)16-39-26(22-13-20(30)7-10-25(22)42-29(31)32)24(15-35-39)36-28(40)23-14-34-38-12-4-11-33-27(23)38/h4-15,18,29H,16-17H2,1-3H3,(H,36,40)/t18-/m0/s1. The number of nitrogens with one attached hydrogen (secondary N) is 1. The van der Waals surface area contributed by atoms with E-state index >= 15 is 0 Å². The van der Waals surface area contributed by atoms with E-state index in [0.717, 1.165) is 11.3 Å². The molecular weight excluding hydrogens is 568 g/mol. The second-order valence-corrected chi connectivity index (χ2v) is 10.1. The van der Waals surface area contributed by atoms with Crippen LogP contribution in [0, 0.1) is 0 Å². The minimum absolute atomic E-state index is 0.0585. The lowest BCUT2D eigenvalue weighted by atomic mass is 10.1. The van der Waals surface area contributed by atoms with Gasteiger partial charge in [-0.3, -0.25) is 14.4 Å². The summed E-state index contributed by atoms with van der Waals surface area (Å²) in [5.41, 5.74) is 2.57. The highest BCUT2D eigenvalue weighted by Crippen LogP contribution is 2.38. The number of rotatable bonds is 11. The van der Waals surface area contributed by atoms with E-state index in [-0.39, 0.29) is 28.6 Å². The van der Waals surface area contributed by atoms with E-state index in [1.807, 2.05) is 38.2 Å². The largest absolute Gasteiger partial charge is 0.497 e. The molecule has 5 rings (SSSR count). The van der Waals surface area contributed by atoms with Crippen LogP contribution in [0.25, 0.3) is 16.9 Å². The summed E-state index contributed by atoms with van der Waals surface area (Å²) in [6.07, 6.45) is 6.10. The lowest BCUT2D eigenvalue weighted by molar-refractivity contribution is -0.0494. The third kappa shape index (κ3) is 6.34. The second kappa shape index (κ2) is 12.5. The lowest BCUT2D eigenvalue weighted by Crippen LogP contribution is -2.33. The van der Waals surface area contributed by atoms with Gasteiger partial charge in [0.25, 0.3) is 5.91 Å². The fourth-order valence-electron chi connectivity index (χ4n) is 4.53. The second-order valence-electron chi connectivity index (χ2n) is 9.62. The number of fused-ring (bicyclic) bond motifs is 1. The Labute approximate surface area is 245 Å². The van der Waals surface area contributed by atoms with Crippen LogP contribution in [0.15, 0.2) is 73.3 Å². The number of hydrogen-bond donors (Lipinski definition) is 1. The summed E-state index contributed by atoms with van der Waals surface area (Å²) in [7, 11) is 3.59. The number of aromatic nitrogens is 5. The molecule has 5 aromatic rings. The molecule has 13 heteroatoms. The summed E-state index contributed by atoms with van der Waals surface area (Å²) in [5.74, 6) is 0.171. The van der Waals surface area contributed by atoms with Crippen molar-refractivity contribution in [1.82, 2.24) is 29.3 Å². The molecule has 3 aromatic heterocycles. The highest BCUT2D eigenvalue weighted by Gasteiger charge is 2.24. The Kier molecular flexibility index (Phi) is 8.64. The van der Waals surface area contributed by atoms with Gasteiger partial charge in [-0.1, -0.05) is 23.7 Å². The summed E-state index contributed by atoms with van der Waals surface area (Å²) in [4.78, 5) is 19.7. The first-order chi connectivity index (χ1) is 20.2. The molecule has 0 radical (unpaired) electrons. The predicted octanol–water partition coefficient (Wildman–Crippen LogP) is 5.63. The minimum atomic E-state index is -3.07. The summed E-state index contributed by atoms with van der Waals surface area (Å²) in [6.45, 7) is -0.0496. The van der Waals surface area contributed by atoms with Gasteiger partial charge in [0, 0.05) is 35.6 Å². The lowest BCUT2D eigenvalue weighted by Gasteiger charge is -2.26. The molecule has 0 aliphatic carbocycles. The summed E-state index contributed by atoms with van der Waals surface area (Å²) in [5, 5.41) is 11.8. The molecule has 0 spiro atoms. The number of nitrogens with zero attached hydrogens (tertiary/aromatic N) is 6. The molecule has 0 aliphatic rings. The molecule has 1 amide bonds. The van der Waals surface area contributed by atoms with Crippen molar-refractivity contribution in [3.63, 3.8) is 0 Å². The highest BCUT2D eigenvalue weighted by molar-refractivity contribution is 6.31. The van der Waals surface area contributed by atoms with Crippen molar-refractivity contribution in [3.8, 4) is 22.8 Å². The van der Waals surface area contributed by atoms with Crippen molar-refractivity contribution < 1.29 is 23.0 Å². The third-order valence-corrected chi connectivity index (χ3v) is 7.04. The number of hydrogen-bond acceptors (Lipinski definition) is 7. The Morgan fingerprint density at radius 2 is 1.93 bits per heavy atom. The first-order valence-corrected chi connectivity index (χ1v) is 13.3. The zero-order valence-corrected chi connectivity index (χ0v) is 23.8. The van der Waals surface area contributed by atoms with Crippen LogP contribution in [0.5, 0.6) is 11.5 Å². The number of amides is 1. The van der Waals surface area contributed by atoms with Gasteiger partial charge in [0.2, 0.25) is 0 Å². The van der Waals surface area contributed by atoms with Crippen molar-refractivity contribution >= 4 is 28.8 Å². The van der Waals surface area contributed by atoms with E-state index in [1.54, 1.807) is 30.3 Å². The molecule has 0 unspecified atom stereocenters. The first kappa shape index (κ1) is 29.0. The Balaban J connectivity index is 1.48. The Morgan fingerprint density at radius 3 is 2.67 bits per heavy atom. The molecule has 1 N–H and O–H groups in total. The highest BCUT2D eigenvalue weighted by atomic mass is 35.5. The summed E-state index contributed by atoms with van der Waals surface area (Å²) >= 11 is 6.30. The van der Waals surface area contributed by atoms with E-state index < -0.39 is 12.5 Å². The van der Waals surface area contributed by atoms with Crippen LogP contribution in [0.4, 0.5) is 14.5 Å². The van der Waals surface area contributed by atoms with Gasteiger partial charge in [0.05, 0.1) is 37.4 Å². The van der Waals surface area contributed by atoms with Gasteiger partial charge in [-0.15, -0.1) is 0 Å². The predicted molar refractivity (Wildman–Crippen MR) is 154 cm³/mol. The van der Waals surface area contributed by atoms with Gasteiger partial charge in [-0.25, -0.2) is 9.50 Å². The van der Waals surface area contributed by atoms with Crippen molar-refractivity contribution in [2.45, 2.75) is 32.7 Å². The van der Waals surface area contributed by atoms with Gasteiger partial charge in [0.1, 0.15) is 17.1 Å². The molecular formula is C29H28ClF2N7O3. The SMILES string of the molecule is COc1ccc(CN(C)[C@@H](C)Cn2ncc(NC(=O)c3cnn4cccnc34)c2-c2cc(Cl)ccc2OC(F)F)cc1. The Bertz CT molecular complexity index is 1690. The van der Waals surface area contributed by atoms with Crippen LogP contribution in [0.2, 0.25) is 5.02 Å². The molecule has 10 nitrogen and oxygen atoms in total. The Hall–Kier alpha value is -4.55. The summed E-state index contributed by atoms with van der Waals surface area (Å²) in [6, 6.07) is 13.7. The minimum Gasteiger partial charge on any atom is -0.497 e. The van der Waals surface area contributed by atoms with Crippen LogP contribution in [0.1, 0.15) is 22.8 Å². The molecule has 0 bridgehead atoms. The van der Waals surface area contributed by atoms with Crippen LogP contribution < -0.4 is 14.8 Å². The van der Waals surface area contributed by atoms with Crippen molar-refractivity contribution in [1.29, 1.82) is 0 Å². The number of alkyl halides is 2. The number of halogens is 3. The number of likely N-dealkylation sites (N-methyl/N-ethyl adjacent to an activating group) is 1. The molecule has 3 heterocycles. The van der Waals surface area contributed by atoms with Crippen molar-refractivity contribution in [3.05, 3.63) is 89.5 Å². The smallest absolute Gasteiger partial charge is 0.387 e. The zero-order valence-electron chi connectivity index (χ0n) is 23.0. The van der Waals surface area contributed by atoms with E-state index in [9.17, 15) is 13.6 Å². The average molecular weight is 596 g/mol. The topological polar surface area (TPSA) is 98.8 Å². The number of ether oxygens (including phenoxy) is 2. The number of methoxy groups -OCH3 is 1. The number of benzene rings is 2. The van der Waals surface area contributed by atoms with Gasteiger partial charge in [-0.05, 0) is 55.9 Å². The van der Waals surface area contributed by atoms with Crippen LogP contribution in [0.3, 0.4) is 0 Å². The molecule has 1 atom stereocenters. The maximum absolute atomic E-state index is 13.4. The van der Waals surface area contributed by atoms with E-state index in [1.165, 1.54) is 35.1 Å². The van der Waals surface area contributed by atoms with Gasteiger partial charge < -0.3 is 14.8 Å². The van der Waals surface area contributed by atoms with Crippen molar-refractivity contribution in [2.75, 3.05) is 19.5 Å².